The van der Waals surface area contributed by atoms with E-state index in [0.29, 0.717) is 11.4 Å². The van der Waals surface area contributed by atoms with Crippen molar-refractivity contribution in [2.45, 2.75) is 64.9 Å². The van der Waals surface area contributed by atoms with Gasteiger partial charge >= 0.3 is 6.09 Å². The molecule has 0 spiro atoms. The van der Waals surface area contributed by atoms with Crippen LogP contribution in [0.2, 0.25) is 0 Å². The van der Waals surface area contributed by atoms with E-state index >= 15 is 0 Å². The number of allylic oxidation sites excluding steroid dienone is 1. The molecule has 7 heteroatoms. The van der Waals surface area contributed by atoms with Crippen LogP contribution in [0.3, 0.4) is 0 Å². The van der Waals surface area contributed by atoms with Gasteiger partial charge in [-0.25, -0.2) is 4.79 Å². The van der Waals surface area contributed by atoms with Crippen LogP contribution < -0.4 is 16.0 Å². The molecular weight excluding hydrogens is 370 g/mol. The van der Waals surface area contributed by atoms with Gasteiger partial charge in [0.1, 0.15) is 5.60 Å². The van der Waals surface area contributed by atoms with Crippen LogP contribution in [0.1, 0.15) is 59.3 Å². The summed E-state index contributed by atoms with van der Waals surface area (Å²) in [7, 11) is 0. The van der Waals surface area contributed by atoms with Gasteiger partial charge in [-0.05, 0) is 64.7 Å². The van der Waals surface area contributed by atoms with Gasteiger partial charge in [-0.1, -0.05) is 18.1 Å². The highest BCUT2D eigenvalue weighted by molar-refractivity contribution is 6.00. The monoisotopic (exact) mass is 401 g/mol. The molecule has 1 aliphatic carbocycles. The molecule has 0 bridgehead atoms. The summed E-state index contributed by atoms with van der Waals surface area (Å²) < 4.78 is 5.12. The summed E-state index contributed by atoms with van der Waals surface area (Å²) in [4.78, 5) is 35.8. The molecule has 1 aromatic carbocycles. The molecule has 158 valence electrons. The number of anilines is 2. The number of benzene rings is 1. The largest absolute Gasteiger partial charge is 0.444 e. The summed E-state index contributed by atoms with van der Waals surface area (Å²) in [5.41, 5.74) is 1.81. The standard InChI is InChI=1S/C22H31N3O4/c1-22(2,3)29-21(28)23-13-12-19(26)24-17-10-7-11-18(15-17)25-20(27)14-16-8-5-4-6-9-16/h7,10-11,14-15H,4-6,8-9,12-13H2,1-3H3,(H,23,28)(H,24,26)(H,25,27). The highest BCUT2D eigenvalue weighted by Gasteiger charge is 2.16. The highest BCUT2D eigenvalue weighted by atomic mass is 16.6. The van der Waals surface area contributed by atoms with Gasteiger partial charge in [0.25, 0.3) is 0 Å². The summed E-state index contributed by atoms with van der Waals surface area (Å²) in [5.74, 6) is -0.388. The lowest BCUT2D eigenvalue weighted by Gasteiger charge is -2.19. The maximum atomic E-state index is 12.2. The van der Waals surface area contributed by atoms with E-state index in [1.54, 1.807) is 51.1 Å². The van der Waals surface area contributed by atoms with Crippen LogP contribution in [0.25, 0.3) is 0 Å². The number of ether oxygens (including phenoxy) is 1. The molecule has 1 aromatic rings. The van der Waals surface area contributed by atoms with Crippen molar-refractivity contribution >= 4 is 29.3 Å². The second kappa shape index (κ2) is 10.6. The minimum absolute atomic E-state index is 0.113. The molecule has 1 saturated carbocycles. The fourth-order valence-corrected chi connectivity index (χ4v) is 3.00. The van der Waals surface area contributed by atoms with E-state index in [4.69, 9.17) is 4.74 Å². The predicted octanol–water partition coefficient (Wildman–Crippen LogP) is 4.37. The van der Waals surface area contributed by atoms with Gasteiger partial charge in [-0.15, -0.1) is 0 Å². The number of hydrogen-bond donors (Lipinski definition) is 3. The molecule has 0 aliphatic heterocycles. The third-order valence-electron chi connectivity index (χ3n) is 4.27. The van der Waals surface area contributed by atoms with Crippen LogP contribution >= 0.6 is 0 Å². The Bertz CT molecular complexity index is 758. The number of rotatable bonds is 6. The van der Waals surface area contributed by atoms with E-state index in [0.717, 1.165) is 25.7 Å². The number of nitrogens with one attached hydrogen (secondary N) is 3. The molecule has 0 heterocycles. The van der Waals surface area contributed by atoms with Crippen molar-refractivity contribution in [3.63, 3.8) is 0 Å². The van der Waals surface area contributed by atoms with Gasteiger partial charge in [0.2, 0.25) is 11.8 Å². The third kappa shape index (κ3) is 9.27. The van der Waals surface area contributed by atoms with Crippen LogP contribution in [0.15, 0.2) is 35.9 Å². The van der Waals surface area contributed by atoms with Crippen LogP contribution in [-0.2, 0) is 14.3 Å². The van der Waals surface area contributed by atoms with Crippen molar-refractivity contribution in [1.82, 2.24) is 5.32 Å². The Morgan fingerprint density at radius 2 is 1.69 bits per heavy atom. The van der Waals surface area contributed by atoms with Crippen molar-refractivity contribution < 1.29 is 19.1 Å². The molecule has 7 nitrogen and oxygen atoms in total. The second-order valence-corrected chi connectivity index (χ2v) is 8.16. The maximum Gasteiger partial charge on any atom is 0.407 e. The van der Waals surface area contributed by atoms with Gasteiger partial charge < -0.3 is 20.7 Å². The maximum absolute atomic E-state index is 12.2. The predicted molar refractivity (Wildman–Crippen MR) is 114 cm³/mol. The second-order valence-electron chi connectivity index (χ2n) is 8.16. The third-order valence-corrected chi connectivity index (χ3v) is 4.27. The van der Waals surface area contributed by atoms with E-state index in [-0.39, 0.29) is 24.8 Å². The Hall–Kier alpha value is -2.83. The molecule has 3 amide bonds. The smallest absolute Gasteiger partial charge is 0.407 e. The minimum Gasteiger partial charge on any atom is -0.444 e. The topological polar surface area (TPSA) is 96.5 Å². The molecule has 0 unspecified atom stereocenters. The molecule has 0 aromatic heterocycles. The average molecular weight is 402 g/mol. The number of amides is 3. The van der Waals surface area contributed by atoms with Crippen molar-refractivity contribution in [2.24, 2.45) is 0 Å². The number of alkyl carbamates (subject to hydrolysis) is 1. The first kappa shape index (κ1) is 22.5. The van der Waals surface area contributed by atoms with Gasteiger partial charge in [0.15, 0.2) is 0 Å². The Labute approximate surface area is 172 Å². The number of carbonyl (C=O) groups excluding carboxylic acids is 3. The van der Waals surface area contributed by atoms with Gasteiger partial charge in [0.05, 0.1) is 0 Å². The summed E-state index contributed by atoms with van der Waals surface area (Å²) in [6, 6.07) is 6.99. The van der Waals surface area contributed by atoms with Crippen LogP contribution in [-0.4, -0.2) is 30.1 Å². The molecule has 1 aliphatic rings. The van der Waals surface area contributed by atoms with Crippen molar-refractivity contribution in [3.8, 4) is 0 Å². The van der Waals surface area contributed by atoms with Crippen LogP contribution in [0, 0.1) is 0 Å². The summed E-state index contributed by atoms with van der Waals surface area (Å²) >= 11 is 0. The van der Waals surface area contributed by atoms with Gasteiger partial charge in [-0.2, -0.15) is 0 Å². The van der Waals surface area contributed by atoms with Crippen molar-refractivity contribution in [3.05, 3.63) is 35.9 Å². The summed E-state index contributed by atoms with van der Waals surface area (Å²) in [5, 5.41) is 8.15. The fourth-order valence-electron chi connectivity index (χ4n) is 3.00. The molecular formula is C22H31N3O4. The van der Waals surface area contributed by atoms with Crippen molar-refractivity contribution in [1.29, 1.82) is 0 Å². The SMILES string of the molecule is CC(C)(C)OC(=O)NCCC(=O)Nc1cccc(NC(=O)C=C2CCCCC2)c1. The Morgan fingerprint density at radius 3 is 2.34 bits per heavy atom. The molecule has 2 rings (SSSR count). The highest BCUT2D eigenvalue weighted by Crippen LogP contribution is 2.23. The van der Waals surface area contributed by atoms with E-state index in [9.17, 15) is 14.4 Å². The Kier molecular flexibility index (Phi) is 8.24. The van der Waals surface area contributed by atoms with Gasteiger partial charge in [-0.3, -0.25) is 9.59 Å². The first-order valence-corrected chi connectivity index (χ1v) is 10.1. The number of hydrogen-bond acceptors (Lipinski definition) is 4. The normalized spacial score (nSPS) is 14.0. The molecule has 3 N–H and O–H groups in total. The van der Waals surface area contributed by atoms with E-state index in [2.05, 4.69) is 16.0 Å². The average Bonchev–Trinajstić information content (AvgIpc) is 2.61. The minimum atomic E-state index is -0.579. The van der Waals surface area contributed by atoms with Gasteiger partial charge in [0, 0.05) is 30.4 Å². The summed E-state index contributed by atoms with van der Waals surface area (Å²) in [6.45, 7) is 5.49. The van der Waals surface area contributed by atoms with Crippen molar-refractivity contribution in [2.75, 3.05) is 17.2 Å². The quantitative estimate of drug-likeness (QED) is 0.617. The first-order valence-electron chi connectivity index (χ1n) is 10.1. The van der Waals surface area contributed by atoms with E-state index < -0.39 is 11.7 Å². The molecule has 0 saturated heterocycles. The van der Waals surface area contributed by atoms with Crippen LogP contribution in [0.5, 0.6) is 0 Å². The molecule has 29 heavy (non-hydrogen) atoms. The first-order chi connectivity index (χ1) is 13.7. The summed E-state index contributed by atoms with van der Waals surface area (Å²) in [6.07, 6.45) is 6.74. The zero-order valence-corrected chi connectivity index (χ0v) is 17.5. The fraction of sp³-hybridized carbons (Fsp3) is 0.500. The molecule has 1 fully saturated rings. The Morgan fingerprint density at radius 1 is 1.03 bits per heavy atom. The lowest BCUT2D eigenvalue weighted by Crippen LogP contribution is -2.34. The van der Waals surface area contributed by atoms with Crippen LogP contribution in [0.4, 0.5) is 16.2 Å². The zero-order valence-electron chi connectivity index (χ0n) is 17.5. The Balaban J connectivity index is 1.79. The number of carbonyl (C=O) groups is 3. The lowest BCUT2D eigenvalue weighted by molar-refractivity contribution is -0.116. The molecule has 0 radical (unpaired) electrons. The van der Waals surface area contributed by atoms with E-state index in [1.807, 2.05) is 0 Å². The molecule has 0 atom stereocenters. The lowest BCUT2D eigenvalue weighted by atomic mass is 9.94. The zero-order chi connectivity index (χ0) is 21.3. The van der Waals surface area contributed by atoms with E-state index in [1.165, 1.54) is 12.0 Å².